The van der Waals surface area contributed by atoms with Crippen LogP contribution in [0.5, 0.6) is 0 Å². The van der Waals surface area contributed by atoms with Gasteiger partial charge in [-0.25, -0.2) is 4.79 Å². The molecule has 0 atom stereocenters. The van der Waals surface area contributed by atoms with Gasteiger partial charge in [-0.1, -0.05) is 0 Å². The summed E-state index contributed by atoms with van der Waals surface area (Å²) in [6.45, 7) is 1.69. The SMILES string of the molecule is CCOC(=O)CNC(=O)C1=C(C(=O)O)CCCC1. The van der Waals surface area contributed by atoms with Gasteiger partial charge in [-0.3, -0.25) is 9.59 Å². The van der Waals surface area contributed by atoms with E-state index in [9.17, 15) is 14.4 Å². The number of amides is 1. The first-order chi connectivity index (χ1) is 8.56. The van der Waals surface area contributed by atoms with E-state index in [1.165, 1.54) is 0 Å². The van der Waals surface area contributed by atoms with Gasteiger partial charge >= 0.3 is 11.9 Å². The predicted molar refractivity (Wildman–Crippen MR) is 62.8 cm³/mol. The van der Waals surface area contributed by atoms with Gasteiger partial charge in [0.2, 0.25) is 5.91 Å². The zero-order valence-electron chi connectivity index (χ0n) is 10.3. The highest BCUT2D eigenvalue weighted by molar-refractivity contribution is 6.03. The molecule has 0 fully saturated rings. The van der Waals surface area contributed by atoms with Gasteiger partial charge < -0.3 is 15.2 Å². The highest BCUT2D eigenvalue weighted by atomic mass is 16.5. The number of carboxylic acids is 1. The molecule has 0 aromatic heterocycles. The zero-order chi connectivity index (χ0) is 13.5. The van der Waals surface area contributed by atoms with Crippen molar-refractivity contribution in [3.05, 3.63) is 11.1 Å². The van der Waals surface area contributed by atoms with E-state index in [4.69, 9.17) is 5.11 Å². The molecule has 6 heteroatoms. The standard InChI is InChI=1S/C12H17NO5/c1-2-18-10(14)7-13-11(15)8-5-3-4-6-9(8)12(16)17/h2-7H2,1H3,(H,13,15)(H,16,17). The number of esters is 1. The Bertz CT molecular complexity index is 386. The molecule has 2 N–H and O–H groups in total. The smallest absolute Gasteiger partial charge is 0.332 e. The Balaban J connectivity index is 2.64. The third-order valence-corrected chi connectivity index (χ3v) is 2.70. The van der Waals surface area contributed by atoms with Crippen molar-refractivity contribution in [2.45, 2.75) is 32.6 Å². The lowest BCUT2D eigenvalue weighted by atomic mass is 9.91. The molecule has 0 aromatic carbocycles. The van der Waals surface area contributed by atoms with E-state index in [1.54, 1.807) is 6.92 Å². The van der Waals surface area contributed by atoms with Gasteiger partial charge in [-0.15, -0.1) is 0 Å². The molecule has 100 valence electrons. The molecule has 1 aliphatic rings. The predicted octanol–water partition coefficient (Wildman–Crippen LogP) is 0.621. The highest BCUT2D eigenvalue weighted by Gasteiger charge is 2.23. The van der Waals surface area contributed by atoms with E-state index >= 15 is 0 Å². The van der Waals surface area contributed by atoms with Crippen LogP contribution in [-0.4, -0.2) is 36.1 Å². The molecule has 0 heterocycles. The Morgan fingerprint density at radius 3 is 2.39 bits per heavy atom. The minimum atomic E-state index is -1.06. The summed E-state index contributed by atoms with van der Waals surface area (Å²) in [5.74, 6) is -2.07. The van der Waals surface area contributed by atoms with Crippen LogP contribution in [0, 0.1) is 0 Å². The average Bonchev–Trinajstić information content (AvgIpc) is 2.36. The van der Waals surface area contributed by atoms with Crippen LogP contribution in [-0.2, 0) is 19.1 Å². The Labute approximate surface area is 105 Å². The minimum absolute atomic E-state index is 0.155. The number of hydrogen-bond donors (Lipinski definition) is 2. The van der Waals surface area contributed by atoms with Crippen molar-refractivity contribution in [1.82, 2.24) is 5.32 Å². The molecule has 0 unspecified atom stereocenters. The quantitative estimate of drug-likeness (QED) is 0.702. The van der Waals surface area contributed by atoms with Gasteiger partial charge in [0.1, 0.15) is 6.54 Å². The third kappa shape index (κ3) is 3.87. The Morgan fingerprint density at radius 2 is 1.83 bits per heavy atom. The number of rotatable bonds is 5. The van der Waals surface area contributed by atoms with E-state index in [1.807, 2.05) is 0 Å². The van der Waals surface area contributed by atoms with Crippen molar-refractivity contribution in [1.29, 1.82) is 0 Å². The maximum atomic E-state index is 11.8. The maximum absolute atomic E-state index is 11.8. The van der Waals surface area contributed by atoms with Crippen molar-refractivity contribution in [3.8, 4) is 0 Å². The van der Waals surface area contributed by atoms with Gasteiger partial charge in [-0.05, 0) is 32.6 Å². The van der Waals surface area contributed by atoms with Crippen molar-refractivity contribution in [2.75, 3.05) is 13.2 Å². The normalized spacial score (nSPS) is 15.2. The second kappa shape index (κ2) is 6.78. The van der Waals surface area contributed by atoms with E-state index in [2.05, 4.69) is 10.1 Å². The van der Waals surface area contributed by atoms with Gasteiger partial charge in [0.05, 0.1) is 6.61 Å². The summed E-state index contributed by atoms with van der Waals surface area (Å²) in [5, 5.41) is 11.4. The fourth-order valence-electron chi connectivity index (χ4n) is 1.86. The Hall–Kier alpha value is -1.85. The highest BCUT2D eigenvalue weighted by Crippen LogP contribution is 2.24. The summed E-state index contributed by atoms with van der Waals surface area (Å²) in [7, 11) is 0. The van der Waals surface area contributed by atoms with Gasteiger partial charge in [-0.2, -0.15) is 0 Å². The van der Waals surface area contributed by atoms with E-state index < -0.39 is 17.8 Å². The number of aliphatic carboxylic acids is 1. The van der Waals surface area contributed by atoms with E-state index in [0.717, 1.165) is 12.8 Å². The first-order valence-corrected chi connectivity index (χ1v) is 5.95. The molecule has 6 nitrogen and oxygen atoms in total. The summed E-state index contributed by atoms with van der Waals surface area (Å²) >= 11 is 0. The van der Waals surface area contributed by atoms with Gasteiger partial charge in [0.15, 0.2) is 0 Å². The van der Waals surface area contributed by atoms with Crippen LogP contribution in [0.2, 0.25) is 0 Å². The van der Waals surface area contributed by atoms with Crippen LogP contribution in [0.15, 0.2) is 11.1 Å². The maximum Gasteiger partial charge on any atom is 0.332 e. The first-order valence-electron chi connectivity index (χ1n) is 5.95. The molecule has 1 aliphatic carbocycles. The number of carbonyl (C=O) groups excluding carboxylic acids is 2. The lowest BCUT2D eigenvalue weighted by Gasteiger charge is -2.16. The minimum Gasteiger partial charge on any atom is -0.478 e. The largest absolute Gasteiger partial charge is 0.478 e. The second-order valence-electron chi connectivity index (χ2n) is 3.96. The number of carboxylic acid groups (broad SMARTS) is 1. The van der Waals surface area contributed by atoms with Crippen molar-refractivity contribution in [3.63, 3.8) is 0 Å². The van der Waals surface area contributed by atoms with Crippen LogP contribution in [0.3, 0.4) is 0 Å². The topological polar surface area (TPSA) is 92.7 Å². The summed E-state index contributed by atoms with van der Waals surface area (Å²) in [4.78, 5) is 33.8. The lowest BCUT2D eigenvalue weighted by Crippen LogP contribution is -2.33. The molecule has 1 amide bonds. The van der Waals surface area contributed by atoms with E-state index in [0.29, 0.717) is 12.8 Å². The van der Waals surface area contributed by atoms with Crippen LogP contribution >= 0.6 is 0 Å². The first kappa shape index (κ1) is 14.2. The number of nitrogens with one attached hydrogen (secondary N) is 1. The molecule has 0 radical (unpaired) electrons. The molecule has 0 aliphatic heterocycles. The summed E-state index contributed by atoms with van der Waals surface area (Å²) in [6, 6.07) is 0. The molecule has 0 bridgehead atoms. The molecular weight excluding hydrogens is 238 g/mol. The fourth-order valence-corrected chi connectivity index (χ4v) is 1.86. The van der Waals surface area contributed by atoms with Crippen molar-refractivity contribution >= 4 is 17.8 Å². The van der Waals surface area contributed by atoms with Crippen LogP contribution < -0.4 is 5.32 Å². The van der Waals surface area contributed by atoms with Crippen molar-refractivity contribution < 1.29 is 24.2 Å². The third-order valence-electron chi connectivity index (χ3n) is 2.70. The molecular formula is C12H17NO5. The molecule has 0 aromatic rings. The Morgan fingerprint density at radius 1 is 1.22 bits per heavy atom. The number of carbonyl (C=O) groups is 3. The fraction of sp³-hybridized carbons (Fsp3) is 0.583. The van der Waals surface area contributed by atoms with E-state index in [-0.39, 0.29) is 24.3 Å². The summed E-state index contributed by atoms with van der Waals surface area (Å²) in [5.41, 5.74) is 0.431. The molecule has 18 heavy (non-hydrogen) atoms. The van der Waals surface area contributed by atoms with Gasteiger partial charge in [0.25, 0.3) is 0 Å². The summed E-state index contributed by atoms with van der Waals surface area (Å²) < 4.78 is 4.67. The zero-order valence-corrected chi connectivity index (χ0v) is 10.3. The molecule has 0 spiro atoms. The van der Waals surface area contributed by atoms with Crippen LogP contribution in [0.25, 0.3) is 0 Å². The van der Waals surface area contributed by atoms with Gasteiger partial charge in [0, 0.05) is 11.1 Å². The van der Waals surface area contributed by atoms with Crippen molar-refractivity contribution in [2.24, 2.45) is 0 Å². The monoisotopic (exact) mass is 255 g/mol. The van der Waals surface area contributed by atoms with Crippen LogP contribution in [0.4, 0.5) is 0 Å². The molecule has 1 rings (SSSR count). The van der Waals surface area contributed by atoms with Crippen LogP contribution in [0.1, 0.15) is 32.6 Å². The molecule has 0 saturated carbocycles. The Kier molecular flexibility index (Phi) is 5.35. The number of ether oxygens (including phenoxy) is 1. The lowest BCUT2D eigenvalue weighted by molar-refractivity contribution is -0.143. The molecule has 0 saturated heterocycles. The second-order valence-corrected chi connectivity index (χ2v) is 3.96. The summed E-state index contributed by atoms with van der Waals surface area (Å²) in [6.07, 6.45) is 2.41. The number of hydrogen-bond acceptors (Lipinski definition) is 4. The average molecular weight is 255 g/mol.